The number of allylic oxidation sites excluding steroid dienone is 2. The van der Waals surface area contributed by atoms with Crippen LogP contribution in [0.15, 0.2) is 30.3 Å². The number of nitrogens with two attached hydrogens (primary N) is 1. The van der Waals surface area contributed by atoms with Gasteiger partial charge in [0.1, 0.15) is 0 Å². The summed E-state index contributed by atoms with van der Waals surface area (Å²) in [6.07, 6.45) is 2.20. The Morgan fingerprint density at radius 1 is 1.22 bits per heavy atom. The number of aromatic hydroxyl groups is 2. The fraction of sp³-hybridized carbons (Fsp3) is 0.167. The summed E-state index contributed by atoms with van der Waals surface area (Å²) in [4.78, 5) is 12.8. The minimum Gasteiger partial charge on any atom is -0.504 e. The zero-order chi connectivity index (χ0) is 16.7. The predicted octanol–water partition coefficient (Wildman–Crippen LogP) is 2.82. The number of nitrogen functional groups attached to an aromatic ring is 1. The van der Waals surface area contributed by atoms with Crippen LogP contribution >= 0.6 is 0 Å². The van der Waals surface area contributed by atoms with E-state index >= 15 is 0 Å². The molecule has 0 spiro atoms. The molecule has 0 saturated carbocycles. The molecule has 5 nitrogen and oxygen atoms in total. The lowest BCUT2D eigenvalue weighted by Gasteiger charge is -2.20. The third-order valence-corrected chi connectivity index (χ3v) is 4.11. The van der Waals surface area contributed by atoms with Crippen LogP contribution in [-0.2, 0) is 6.42 Å². The normalized spacial score (nSPS) is 13.5. The standard InChI is InChI=1S/C18H17NO4/c1-9-3-4-10(7-13(9)19)12-6-5-11-8-14(20)18(23-2)17(22)15(11)16(12)21/h3-4,6-8,20,22H,5,19H2,1-2H3. The van der Waals surface area contributed by atoms with Crippen molar-refractivity contribution in [1.29, 1.82) is 0 Å². The molecule has 0 aromatic heterocycles. The average Bonchev–Trinajstić information content (AvgIpc) is 2.50. The highest BCUT2D eigenvalue weighted by Crippen LogP contribution is 2.44. The maximum Gasteiger partial charge on any atom is 0.203 e. The van der Waals surface area contributed by atoms with E-state index in [1.807, 2.05) is 19.1 Å². The van der Waals surface area contributed by atoms with E-state index in [4.69, 9.17) is 10.5 Å². The Hall–Kier alpha value is -2.95. The first-order chi connectivity index (χ1) is 10.9. The van der Waals surface area contributed by atoms with Gasteiger partial charge in [0.05, 0.1) is 12.7 Å². The number of anilines is 1. The summed E-state index contributed by atoms with van der Waals surface area (Å²) in [6.45, 7) is 1.89. The molecule has 0 saturated heterocycles. The van der Waals surface area contributed by atoms with E-state index in [0.717, 1.165) is 5.56 Å². The first-order valence-electron chi connectivity index (χ1n) is 7.17. The third kappa shape index (κ3) is 2.30. The van der Waals surface area contributed by atoms with Gasteiger partial charge >= 0.3 is 0 Å². The van der Waals surface area contributed by atoms with Crippen molar-refractivity contribution >= 4 is 17.0 Å². The van der Waals surface area contributed by atoms with Gasteiger partial charge in [-0.15, -0.1) is 0 Å². The molecule has 4 N–H and O–H groups in total. The number of benzene rings is 2. The molecule has 0 amide bonds. The number of phenols is 2. The Kier molecular flexibility index (Phi) is 3.48. The molecular formula is C18H17NO4. The van der Waals surface area contributed by atoms with Crippen molar-refractivity contribution in [2.45, 2.75) is 13.3 Å². The van der Waals surface area contributed by atoms with Gasteiger partial charge in [-0.1, -0.05) is 18.2 Å². The van der Waals surface area contributed by atoms with Gasteiger partial charge in [0.15, 0.2) is 17.3 Å². The number of methoxy groups -OCH3 is 1. The maximum atomic E-state index is 12.8. The van der Waals surface area contributed by atoms with Crippen LogP contribution in [0.4, 0.5) is 5.69 Å². The van der Waals surface area contributed by atoms with Gasteiger partial charge in [0, 0.05) is 11.3 Å². The van der Waals surface area contributed by atoms with Crippen LogP contribution in [0.5, 0.6) is 17.2 Å². The van der Waals surface area contributed by atoms with Crippen LogP contribution in [0.2, 0.25) is 0 Å². The molecule has 2 aromatic rings. The first-order valence-corrected chi connectivity index (χ1v) is 7.17. The van der Waals surface area contributed by atoms with Crippen LogP contribution in [0.1, 0.15) is 27.0 Å². The number of hydrogen-bond acceptors (Lipinski definition) is 5. The number of rotatable bonds is 2. The van der Waals surface area contributed by atoms with Gasteiger partial charge in [0.2, 0.25) is 5.75 Å². The molecule has 0 aliphatic heterocycles. The Morgan fingerprint density at radius 3 is 2.61 bits per heavy atom. The minimum absolute atomic E-state index is 0.0956. The lowest BCUT2D eigenvalue weighted by atomic mass is 9.85. The van der Waals surface area contributed by atoms with E-state index < -0.39 is 0 Å². The summed E-state index contributed by atoms with van der Waals surface area (Å²) in [5, 5.41) is 20.1. The molecule has 0 heterocycles. The Balaban J connectivity index is 2.12. The second-order valence-electron chi connectivity index (χ2n) is 5.53. The number of Topliss-reactive ketones (excluding diaryl/α,β-unsaturated/α-hetero) is 1. The molecule has 1 aliphatic carbocycles. The van der Waals surface area contributed by atoms with E-state index in [1.54, 1.807) is 12.1 Å². The molecular weight excluding hydrogens is 294 g/mol. The van der Waals surface area contributed by atoms with Crippen molar-refractivity contribution < 1.29 is 19.7 Å². The molecule has 0 radical (unpaired) electrons. The van der Waals surface area contributed by atoms with Gasteiger partial charge in [-0.2, -0.15) is 0 Å². The van der Waals surface area contributed by atoms with E-state index in [1.165, 1.54) is 13.2 Å². The zero-order valence-electron chi connectivity index (χ0n) is 12.9. The second kappa shape index (κ2) is 5.35. The average molecular weight is 311 g/mol. The highest BCUT2D eigenvalue weighted by atomic mass is 16.5. The first kappa shape index (κ1) is 15.0. The molecule has 0 atom stereocenters. The Morgan fingerprint density at radius 2 is 1.96 bits per heavy atom. The number of fused-ring (bicyclic) bond motifs is 1. The number of carbonyl (C=O) groups excluding carboxylic acids is 1. The monoisotopic (exact) mass is 311 g/mol. The second-order valence-corrected chi connectivity index (χ2v) is 5.53. The van der Waals surface area contributed by atoms with Gasteiger partial charge in [-0.3, -0.25) is 4.79 Å². The smallest absolute Gasteiger partial charge is 0.203 e. The van der Waals surface area contributed by atoms with E-state index in [0.29, 0.717) is 28.8 Å². The number of ether oxygens (including phenoxy) is 1. The van der Waals surface area contributed by atoms with E-state index in [9.17, 15) is 15.0 Å². The van der Waals surface area contributed by atoms with Crippen molar-refractivity contribution in [1.82, 2.24) is 0 Å². The summed E-state index contributed by atoms with van der Waals surface area (Å²) in [6, 6.07) is 6.88. The Labute approximate surface area is 133 Å². The molecule has 0 unspecified atom stereocenters. The molecule has 0 fully saturated rings. The number of aryl methyl sites for hydroxylation is 1. The molecule has 2 aromatic carbocycles. The largest absolute Gasteiger partial charge is 0.504 e. The van der Waals surface area contributed by atoms with Crippen molar-refractivity contribution in [3.05, 3.63) is 52.6 Å². The van der Waals surface area contributed by atoms with E-state index in [2.05, 4.69) is 0 Å². The van der Waals surface area contributed by atoms with Crippen LogP contribution in [0, 0.1) is 6.92 Å². The van der Waals surface area contributed by atoms with Crippen molar-refractivity contribution in [2.24, 2.45) is 0 Å². The third-order valence-electron chi connectivity index (χ3n) is 4.11. The maximum absolute atomic E-state index is 12.8. The van der Waals surface area contributed by atoms with Crippen LogP contribution in [0.3, 0.4) is 0 Å². The van der Waals surface area contributed by atoms with Gasteiger partial charge in [0.25, 0.3) is 0 Å². The summed E-state index contributed by atoms with van der Waals surface area (Å²) in [5.74, 6) is -0.932. The molecule has 5 heteroatoms. The lowest BCUT2D eigenvalue weighted by Crippen LogP contribution is -2.12. The van der Waals surface area contributed by atoms with E-state index in [-0.39, 0.29) is 28.6 Å². The molecule has 23 heavy (non-hydrogen) atoms. The summed E-state index contributed by atoms with van der Waals surface area (Å²) < 4.78 is 4.97. The number of carbonyl (C=O) groups is 1. The van der Waals surface area contributed by atoms with Gasteiger partial charge < -0.3 is 20.7 Å². The van der Waals surface area contributed by atoms with Gasteiger partial charge in [-0.25, -0.2) is 0 Å². The molecule has 3 rings (SSSR count). The van der Waals surface area contributed by atoms with Gasteiger partial charge in [-0.05, 0) is 42.2 Å². The van der Waals surface area contributed by atoms with Crippen molar-refractivity contribution in [3.63, 3.8) is 0 Å². The zero-order valence-corrected chi connectivity index (χ0v) is 12.9. The SMILES string of the molecule is COc1c(O)cc2c(c1O)C(=O)C(c1ccc(C)c(N)c1)=CC2. The van der Waals surface area contributed by atoms with Crippen LogP contribution in [0.25, 0.3) is 5.57 Å². The highest BCUT2D eigenvalue weighted by Gasteiger charge is 2.28. The molecule has 1 aliphatic rings. The number of hydrogen-bond donors (Lipinski definition) is 3. The predicted molar refractivity (Wildman–Crippen MR) is 87.9 cm³/mol. The molecule has 118 valence electrons. The minimum atomic E-state index is -0.335. The highest BCUT2D eigenvalue weighted by molar-refractivity contribution is 6.31. The Bertz CT molecular complexity index is 853. The quantitative estimate of drug-likeness (QED) is 0.742. The summed E-state index contributed by atoms with van der Waals surface area (Å²) >= 11 is 0. The van der Waals surface area contributed by atoms with Crippen molar-refractivity contribution in [2.75, 3.05) is 12.8 Å². The van der Waals surface area contributed by atoms with Crippen LogP contribution < -0.4 is 10.5 Å². The van der Waals surface area contributed by atoms with Crippen molar-refractivity contribution in [3.8, 4) is 17.2 Å². The van der Waals surface area contributed by atoms with Crippen LogP contribution in [-0.4, -0.2) is 23.1 Å². The summed E-state index contributed by atoms with van der Waals surface area (Å²) in [7, 11) is 1.33. The number of phenolic OH excluding ortho intramolecular Hbond substituents is 2. The fourth-order valence-electron chi connectivity index (χ4n) is 2.80. The lowest BCUT2D eigenvalue weighted by molar-refractivity contribution is 0.105. The number of ketones is 1. The fourth-order valence-corrected chi connectivity index (χ4v) is 2.80. The summed E-state index contributed by atoms with van der Waals surface area (Å²) in [5.41, 5.74) is 9.38. The topological polar surface area (TPSA) is 92.8 Å². The molecule has 0 bridgehead atoms.